The molecule has 1 N–H and O–H groups in total. The number of rotatable bonds is 4. The van der Waals surface area contributed by atoms with E-state index in [1.54, 1.807) is 11.3 Å². The Hall–Kier alpha value is -1.32. The second kappa shape index (κ2) is 5.12. The molecule has 0 fully saturated rings. The van der Waals surface area contributed by atoms with Gasteiger partial charge in [0, 0.05) is 12.5 Å². The Balaban J connectivity index is 1.83. The van der Waals surface area contributed by atoms with Crippen LogP contribution in [-0.4, -0.2) is 13.7 Å². The summed E-state index contributed by atoms with van der Waals surface area (Å²) in [6.07, 6.45) is 2.08. The highest BCUT2D eigenvalue weighted by Gasteiger charge is 2.16. The van der Waals surface area contributed by atoms with Crippen LogP contribution in [0.25, 0.3) is 0 Å². The van der Waals surface area contributed by atoms with E-state index < -0.39 is 0 Å². The standard InChI is InChI=1S/C15H17NOS/c1-16-14(8-11-5-7-18-10-11)12-2-3-15-13(9-12)4-6-17-15/h2-3,5,7,9-10,14,16H,4,6,8H2,1H3. The van der Waals surface area contributed by atoms with Crippen molar-refractivity contribution in [3.63, 3.8) is 0 Å². The highest BCUT2D eigenvalue weighted by atomic mass is 32.1. The molecule has 3 rings (SSSR count). The van der Waals surface area contributed by atoms with Crippen LogP contribution in [-0.2, 0) is 12.8 Å². The summed E-state index contributed by atoms with van der Waals surface area (Å²) in [5.74, 6) is 1.06. The van der Waals surface area contributed by atoms with E-state index in [2.05, 4.69) is 40.3 Å². The summed E-state index contributed by atoms with van der Waals surface area (Å²) in [5.41, 5.74) is 4.10. The molecule has 0 spiro atoms. The molecular weight excluding hydrogens is 242 g/mol. The minimum Gasteiger partial charge on any atom is -0.493 e. The van der Waals surface area contributed by atoms with Gasteiger partial charge in [-0.1, -0.05) is 12.1 Å². The Kier molecular flexibility index (Phi) is 3.35. The topological polar surface area (TPSA) is 21.3 Å². The molecule has 1 unspecified atom stereocenters. The molecule has 1 atom stereocenters. The molecule has 1 aromatic carbocycles. The van der Waals surface area contributed by atoms with Gasteiger partial charge in [0.05, 0.1) is 6.61 Å². The second-order valence-electron chi connectivity index (χ2n) is 4.64. The van der Waals surface area contributed by atoms with Crippen molar-refractivity contribution in [3.8, 4) is 5.75 Å². The van der Waals surface area contributed by atoms with Crippen molar-refractivity contribution in [2.75, 3.05) is 13.7 Å². The number of ether oxygens (including phenoxy) is 1. The van der Waals surface area contributed by atoms with Crippen molar-refractivity contribution in [2.24, 2.45) is 0 Å². The quantitative estimate of drug-likeness (QED) is 0.910. The lowest BCUT2D eigenvalue weighted by Gasteiger charge is -2.17. The Morgan fingerprint density at radius 3 is 3.11 bits per heavy atom. The fraction of sp³-hybridized carbons (Fsp3) is 0.333. The summed E-state index contributed by atoms with van der Waals surface area (Å²) in [6.45, 7) is 0.827. The highest BCUT2D eigenvalue weighted by molar-refractivity contribution is 7.07. The summed E-state index contributed by atoms with van der Waals surface area (Å²) in [5, 5.41) is 7.77. The third-order valence-corrected chi connectivity index (χ3v) is 4.22. The van der Waals surface area contributed by atoms with Crippen molar-refractivity contribution >= 4 is 11.3 Å². The minimum absolute atomic E-state index is 0.380. The van der Waals surface area contributed by atoms with E-state index in [9.17, 15) is 0 Å². The molecule has 2 aromatic rings. The maximum absolute atomic E-state index is 5.55. The van der Waals surface area contributed by atoms with E-state index in [0.717, 1.165) is 25.2 Å². The number of thiophene rings is 1. The van der Waals surface area contributed by atoms with Crippen LogP contribution >= 0.6 is 11.3 Å². The fourth-order valence-corrected chi connectivity index (χ4v) is 3.14. The average Bonchev–Trinajstić information content (AvgIpc) is 3.06. The summed E-state index contributed by atoms with van der Waals surface area (Å²) in [7, 11) is 2.03. The van der Waals surface area contributed by atoms with Gasteiger partial charge < -0.3 is 10.1 Å². The molecule has 94 valence electrons. The predicted octanol–water partition coefficient (Wildman–Crippen LogP) is 3.19. The van der Waals surface area contributed by atoms with Gasteiger partial charge in [-0.15, -0.1) is 0 Å². The molecule has 1 aliphatic heterocycles. The number of fused-ring (bicyclic) bond motifs is 1. The number of nitrogens with one attached hydrogen (secondary N) is 1. The molecule has 0 aliphatic carbocycles. The fourth-order valence-electron chi connectivity index (χ4n) is 2.45. The third-order valence-electron chi connectivity index (χ3n) is 3.48. The van der Waals surface area contributed by atoms with Gasteiger partial charge in [-0.3, -0.25) is 0 Å². The van der Waals surface area contributed by atoms with Crippen LogP contribution in [0.1, 0.15) is 22.7 Å². The molecule has 1 aromatic heterocycles. The Morgan fingerprint density at radius 1 is 1.39 bits per heavy atom. The molecular formula is C15H17NOS. The Morgan fingerprint density at radius 2 is 2.33 bits per heavy atom. The number of hydrogen-bond acceptors (Lipinski definition) is 3. The van der Waals surface area contributed by atoms with Crippen LogP contribution in [0.5, 0.6) is 5.75 Å². The Bertz CT molecular complexity index is 521. The van der Waals surface area contributed by atoms with Gasteiger partial charge >= 0.3 is 0 Å². The van der Waals surface area contributed by atoms with Gasteiger partial charge in [0.2, 0.25) is 0 Å². The normalized spacial score (nSPS) is 15.2. The molecule has 0 amide bonds. The van der Waals surface area contributed by atoms with Crippen molar-refractivity contribution in [2.45, 2.75) is 18.9 Å². The molecule has 18 heavy (non-hydrogen) atoms. The first kappa shape index (κ1) is 11.8. The zero-order chi connectivity index (χ0) is 12.4. The van der Waals surface area contributed by atoms with Crippen molar-refractivity contribution < 1.29 is 4.74 Å². The van der Waals surface area contributed by atoms with Crippen LogP contribution in [0.4, 0.5) is 0 Å². The molecule has 0 saturated carbocycles. The molecule has 0 radical (unpaired) electrons. The third kappa shape index (κ3) is 2.28. The average molecular weight is 259 g/mol. The first-order valence-corrected chi connectivity index (χ1v) is 7.25. The van der Waals surface area contributed by atoms with Gasteiger partial charge in [-0.2, -0.15) is 11.3 Å². The maximum Gasteiger partial charge on any atom is 0.122 e. The zero-order valence-corrected chi connectivity index (χ0v) is 11.3. The van der Waals surface area contributed by atoms with Crippen LogP contribution in [0.3, 0.4) is 0 Å². The highest BCUT2D eigenvalue weighted by Crippen LogP contribution is 2.29. The number of hydrogen-bond donors (Lipinski definition) is 1. The molecule has 2 heterocycles. The SMILES string of the molecule is CNC(Cc1ccsc1)c1ccc2c(c1)CCO2. The van der Waals surface area contributed by atoms with Gasteiger partial charge in [-0.05, 0) is 53.1 Å². The van der Waals surface area contributed by atoms with E-state index in [4.69, 9.17) is 4.74 Å². The van der Waals surface area contributed by atoms with Gasteiger partial charge in [-0.25, -0.2) is 0 Å². The summed E-state index contributed by atoms with van der Waals surface area (Å²) in [4.78, 5) is 0. The van der Waals surface area contributed by atoms with Gasteiger partial charge in [0.1, 0.15) is 5.75 Å². The number of benzene rings is 1. The molecule has 1 aliphatic rings. The van der Waals surface area contributed by atoms with Crippen LogP contribution in [0.2, 0.25) is 0 Å². The lowest BCUT2D eigenvalue weighted by Crippen LogP contribution is -2.18. The lowest BCUT2D eigenvalue weighted by atomic mass is 9.98. The molecule has 3 heteroatoms. The minimum atomic E-state index is 0.380. The van der Waals surface area contributed by atoms with E-state index >= 15 is 0 Å². The summed E-state index contributed by atoms with van der Waals surface area (Å²) >= 11 is 1.76. The van der Waals surface area contributed by atoms with Crippen molar-refractivity contribution in [1.82, 2.24) is 5.32 Å². The summed E-state index contributed by atoms with van der Waals surface area (Å²) < 4.78 is 5.55. The van der Waals surface area contributed by atoms with Gasteiger partial charge in [0.25, 0.3) is 0 Å². The van der Waals surface area contributed by atoms with Crippen molar-refractivity contribution in [1.29, 1.82) is 0 Å². The lowest BCUT2D eigenvalue weighted by molar-refractivity contribution is 0.356. The van der Waals surface area contributed by atoms with Crippen molar-refractivity contribution in [3.05, 3.63) is 51.7 Å². The number of likely N-dealkylation sites (N-methyl/N-ethyl adjacent to an activating group) is 1. The largest absolute Gasteiger partial charge is 0.493 e. The smallest absolute Gasteiger partial charge is 0.122 e. The molecule has 0 bridgehead atoms. The first-order valence-electron chi connectivity index (χ1n) is 6.31. The predicted molar refractivity (Wildman–Crippen MR) is 75.5 cm³/mol. The second-order valence-corrected chi connectivity index (χ2v) is 5.42. The van der Waals surface area contributed by atoms with E-state index in [1.165, 1.54) is 16.7 Å². The zero-order valence-electron chi connectivity index (χ0n) is 10.5. The Labute approximate surface area is 112 Å². The van der Waals surface area contributed by atoms with Crippen LogP contribution in [0, 0.1) is 0 Å². The van der Waals surface area contributed by atoms with Crippen LogP contribution < -0.4 is 10.1 Å². The monoisotopic (exact) mass is 259 g/mol. The van der Waals surface area contributed by atoms with Gasteiger partial charge in [0.15, 0.2) is 0 Å². The summed E-state index contributed by atoms with van der Waals surface area (Å²) in [6, 6.07) is 9.15. The van der Waals surface area contributed by atoms with E-state index in [1.807, 2.05) is 7.05 Å². The van der Waals surface area contributed by atoms with E-state index in [0.29, 0.717) is 6.04 Å². The molecule has 2 nitrogen and oxygen atoms in total. The first-order chi connectivity index (χ1) is 8.86. The van der Waals surface area contributed by atoms with Crippen LogP contribution in [0.15, 0.2) is 35.0 Å². The molecule has 0 saturated heterocycles. The maximum atomic E-state index is 5.55. The van der Waals surface area contributed by atoms with E-state index in [-0.39, 0.29) is 0 Å².